The first-order chi connectivity index (χ1) is 14.1. The van der Waals surface area contributed by atoms with Gasteiger partial charge in [0.05, 0.1) is 18.2 Å². The molecule has 0 saturated carbocycles. The minimum Gasteiger partial charge on any atom is -0.489 e. The zero-order valence-electron chi connectivity index (χ0n) is 16.8. The zero-order chi connectivity index (χ0) is 22.3. The number of carbonyl (C=O) groups is 1. The molecule has 0 aliphatic rings. The number of nitrogen functional groups attached to an aromatic ring is 1. The number of nitrogens with zero attached hydrogens (tertiary/aromatic N) is 1. The Morgan fingerprint density at radius 2 is 2.07 bits per heavy atom. The average Bonchev–Trinajstić information content (AvgIpc) is 2.65. The molecular weight excluding hydrogens is 432 g/mol. The lowest BCUT2D eigenvalue weighted by Crippen LogP contribution is -2.32. The molecule has 3 N–H and O–H groups in total. The number of carbonyl (C=O) groups excluding carboxylic acids is 1. The Hall–Kier alpha value is -2.69. The van der Waals surface area contributed by atoms with Crippen molar-refractivity contribution in [2.24, 2.45) is 0 Å². The van der Waals surface area contributed by atoms with E-state index < -0.39 is 17.5 Å². The Morgan fingerprint density at radius 3 is 2.77 bits per heavy atom. The summed E-state index contributed by atoms with van der Waals surface area (Å²) in [5.41, 5.74) is 6.26. The van der Waals surface area contributed by atoms with Gasteiger partial charge in [0.15, 0.2) is 11.6 Å². The van der Waals surface area contributed by atoms with Gasteiger partial charge in [-0.25, -0.2) is 14.2 Å². The van der Waals surface area contributed by atoms with Crippen LogP contribution in [-0.4, -0.2) is 29.8 Å². The molecule has 6 nitrogen and oxygen atoms in total. The van der Waals surface area contributed by atoms with Gasteiger partial charge in [0, 0.05) is 29.3 Å². The maximum Gasteiger partial charge on any atom is 0.408 e. The summed E-state index contributed by atoms with van der Waals surface area (Å²) >= 11 is 12.0. The van der Waals surface area contributed by atoms with E-state index in [-0.39, 0.29) is 30.4 Å². The number of anilines is 1. The highest BCUT2D eigenvalue weighted by Crippen LogP contribution is 2.28. The van der Waals surface area contributed by atoms with Gasteiger partial charge < -0.3 is 20.5 Å². The highest BCUT2D eigenvalue weighted by molar-refractivity contribution is 6.36. The summed E-state index contributed by atoms with van der Waals surface area (Å²) in [5, 5.41) is 2.86. The van der Waals surface area contributed by atoms with Crippen LogP contribution in [0.3, 0.4) is 0 Å². The molecule has 1 amide bonds. The smallest absolute Gasteiger partial charge is 0.408 e. The van der Waals surface area contributed by atoms with Crippen molar-refractivity contribution >= 4 is 35.1 Å². The first-order valence-electron chi connectivity index (χ1n) is 9.03. The molecular formula is C21H22Cl2FN3O3. The van der Waals surface area contributed by atoms with Crippen LogP contribution < -0.4 is 15.8 Å². The largest absolute Gasteiger partial charge is 0.489 e. The Balaban J connectivity index is 1.95. The summed E-state index contributed by atoms with van der Waals surface area (Å²) in [7, 11) is 0. The number of nitrogens with one attached hydrogen (secondary N) is 1. The van der Waals surface area contributed by atoms with Crippen LogP contribution in [0, 0.1) is 17.7 Å². The zero-order valence-corrected chi connectivity index (χ0v) is 18.3. The van der Waals surface area contributed by atoms with Gasteiger partial charge in [0.2, 0.25) is 0 Å². The molecule has 1 aromatic carbocycles. The van der Waals surface area contributed by atoms with E-state index >= 15 is 0 Å². The van der Waals surface area contributed by atoms with E-state index in [0.29, 0.717) is 21.9 Å². The molecule has 0 atom stereocenters. The first-order valence-corrected chi connectivity index (χ1v) is 9.79. The van der Waals surface area contributed by atoms with Gasteiger partial charge in [-0.1, -0.05) is 35.0 Å². The SMILES string of the molecule is CC(C)(C)OC(=O)NCC#Cc1cnc(N)c(OCCc2c(Cl)ccc(F)c2Cl)c1. The third-order valence-corrected chi connectivity index (χ3v) is 4.35. The minimum atomic E-state index is -0.579. The number of pyridine rings is 1. The molecule has 2 aromatic rings. The van der Waals surface area contributed by atoms with Crippen LogP contribution in [-0.2, 0) is 11.2 Å². The summed E-state index contributed by atoms with van der Waals surface area (Å²) in [6.45, 7) is 5.58. The molecule has 0 fully saturated rings. The van der Waals surface area contributed by atoms with Crippen LogP contribution in [0.1, 0.15) is 31.9 Å². The Kier molecular flexibility index (Phi) is 8.16. The van der Waals surface area contributed by atoms with E-state index in [1.807, 2.05) is 0 Å². The number of hydrogen-bond acceptors (Lipinski definition) is 5. The summed E-state index contributed by atoms with van der Waals surface area (Å²) < 4.78 is 24.4. The van der Waals surface area contributed by atoms with Crippen molar-refractivity contribution in [3.63, 3.8) is 0 Å². The van der Waals surface area contributed by atoms with Crippen molar-refractivity contribution in [1.82, 2.24) is 10.3 Å². The molecule has 160 valence electrons. The van der Waals surface area contributed by atoms with Crippen molar-refractivity contribution in [2.75, 3.05) is 18.9 Å². The van der Waals surface area contributed by atoms with Gasteiger partial charge in [-0.15, -0.1) is 0 Å². The fraction of sp³-hybridized carbons (Fsp3) is 0.333. The number of benzene rings is 1. The van der Waals surface area contributed by atoms with Crippen LogP contribution >= 0.6 is 23.2 Å². The predicted octanol–water partition coefficient (Wildman–Crippen LogP) is 4.61. The number of ether oxygens (including phenoxy) is 2. The quantitative estimate of drug-likeness (QED) is 0.509. The first kappa shape index (κ1) is 23.6. The van der Waals surface area contributed by atoms with Crippen LogP contribution in [0.5, 0.6) is 5.75 Å². The fourth-order valence-corrected chi connectivity index (χ4v) is 2.84. The number of alkyl carbamates (subject to hydrolysis) is 1. The van der Waals surface area contributed by atoms with Gasteiger partial charge in [-0.3, -0.25) is 0 Å². The lowest BCUT2D eigenvalue weighted by molar-refractivity contribution is 0.0535. The summed E-state index contributed by atoms with van der Waals surface area (Å²) in [6, 6.07) is 4.27. The fourth-order valence-electron chi connectivity index (χ4n) is 2.28. The molecule has 0 radical (unpaired) electrons. The number of hydrogen-bond donors (Lipinski definition) is 2. The molecule has 0 aliphatic carbocycles. The molecule has 1 aromatic heterocycles. The second kappa shape index (κ2) is 10.4. The molecule has 30 heavy (non-hydrogen) atoms. The molecule has 0 bridgehead atoms. The molecule has 9 heteroatoms. The van der Waals surface area contributed by atoms with Crippen molar-refractivity contribution in [3.05, 3.63) is 51.4 Å². The summed E-state index contributed by atoms with van der Waals surface area (Å²) in [4.78, 5) is 15.6. The predicted molar refractivity (Wildman–Crippen MR) is 115 cm³/mol. The van der Waals surface area contributed by atoms with Gasteiger partial charge in [0.25, 0.3) is 0 Å². The molecule has 0 saturated heterocycles. The van der Waals surface area contributed by atoms with Crippen LogP contribution in [0.15, 0.2) is 24.4 Å². The van der Waals surface area contributed by atoms with Crippen molar-refractivity contribution in [2.45, 2.75) is 32.8 Å². The number of halogens is 3. The van der Waals surface area contributed by atoms with Crippen molar-refractivity contribution < 1.29 is 18.7 Å². The van der Waals surface area contributed by atoms with E-state index in [1.54, 1.807) is 26.8 Å². The normalized spacial score (nSPS) is 10.7. The highest BCUT2D eigenvalue weighted by atomic mass is 35.5. The molecule has 2 rings (SSSR count). The van der Waals surface area contributed by atoms with Crippen molar-refractivity contribution in [3.8, 4) is 17.6 Å². The standard InChI is InChI=1S/C21H22Cl2FN3O3/c1-21(2,3)30-20(28)26-9-4-5-13-11-17(19(25)27-12-13)29-10-8-14-15(22)6-7-16(24)18(14)23/h6-7,11-12H,8-10H2,1-3H3,(H2,25,27)(H,26,28). The second-order valence-electron chi connectivity index (χ2n) is 7.18. The van der Waals surface area contributed by atoms with Gasteiger partial charge in [-0.05, 0) is 38.5 Å². The van der Waals surface area contributed by atoms with Gasteiger partial charge in [0.1, 0.15) is 11.4 Å². The van der Waals surface area contributed by atoms with Crippen molar-refractivity contribution in [1.29, 1.82) is 0 Å². The van der Waals surface area contributed by atoms with Gasteiger partial charge in [-0.2, -0.15) is 0 Å². The van der Waals surface area contributed by atoms with E-state index in [1.165, 1.54) is 18.3 Å². The molecule has 0 aliphatic heterocycles. The number of rotatable bonds is 5. The highest BCUT2D eigenvalue weighted by Gasteiger charge is 2.15. The Labute approximate surface area is 184 Å². The third kappa shape index (κ3) is 7.29. The monoisotopic (exact) mass is 453 g/mol. The van der Waals surface area contributed by atoms with Crippen LogP contribution in [0.25, 0.3) is 0 Å². The lowest BCUT2D eigenvalue weighted by Gasteiger charge is -2.19. The number of amides is 1. The van der Waals surface area contributed by atoms with Gasteiger partial charge >= 0.3 is 6.09 Å². The topological polar surface area (TPSA) is 86.5 Å². The Bertz CT molecular complexity index is 982. The van der Waals surface area contributed by atoms with E-state index in [0.717, 1.165) is 0 Å². The minimum absolute atomic E-state index is 0.0331. The molecule has 0 spiro atoms. The number of nitrogens with two attached hydrogens (primary N) is 1. The van der Waals surface area contributed by atoms with E-state index in [2.05, 4.69) is 22.1 Å². The number of aromatic nitrogens is 1. The average molecular weight is 454 g/mol. The van der Waals surface area contributed by atoms with E-state index in [9.17, 15) is 9.18 Å². The summed E-state index contributed by atoms with van der Waals surface area (Å²) in [5.74, 6) is 5.61. The maximum absolute atomic E-state index is 13.6. The second-order valence-corrected chi connectivity index (χ2v) is 7.97. The third-order valence-electron chi connectivity index (χ3n) is 3.58. The van der Waals surface area contributed by atoms with Crippen LogP contribution in [0.4, 0.5) is 15.0 Å². The maximum atomic E-state index is 13.6. The molecule has 1 heterocycles. The van der Waals surface area contributed by atoms with E-state index in [4.69, 9.17) is 38.4 Å². The lowest BCUT2D eigenvalue weighted by atomic mass is 10.1. The molecule has 0 unspecified atom stereocenters. The van der Waals surface area contributed by atoms with Crippen LogP contribution in [0.2, 0.25) is 10.0 Å². The Morgan fingerprint density at radius 1 is 1.33 bits per heavy atom. The summed E-state index contributed by atoms with van der Waals surface area (Å²) in [6.07, 6.45) is 1.22.